The zero-order chi connectivity index (χ0) is 21.5. The van der Waals surface area contributed by atoms with Crippen molar-refractivity contribution in [3.8, 4) is 0 Å². The normalized spacial score (nSPS) is 21.8. The van der Waals surface area contributed by atoms with Gasteiger partial charge in [0, 0.05) is 44.5 Å². The van der Waals surface area contributed by atoms with E-state index in [0.29, 0.717) is 25.0 Å². The molecule has 31 heavy (non-hydrogen) atoms. The monoisotopic (exact) mass is 424 g/mol. The first kappa shape index (κ1) is 21.6. The molecule has 5 nitrogen and oxygen atoms in total. The summed E-state index contributed by atoms with van der Waals surface area (Å²) in [5, 5.41) is 6.15. The molecule has 0 saturated carbocycles. The van der Waals surface area contributed by atoms with Gasteiger partial charge < -0.3 is 15.5 Å². The second-order valence-electron chi connectivity index (χ2n) is 8.77. The van der Waals surface area contributed by atoms with Crippen LogP contribution < -0.4 is 15.5 Å². The van der Waals surface area contributed by atoms with Gasteiger partial charge in [0.1, 0.15) is 5.82 Å². The molecule has 4 rings (SSSR count). The molecule has 0 radical (unpaired) electrons. The maximum Gasteiger partial charge on any atom is 0.314 e. The van der Waals surface area contributed by atoms with Gasteiger partial charge in [-0.1, -0.05) is 36.8 Å². The predicted octanol–water partition coefficient (Wildman–Crippen LogP) is 4.01. The number of urea groups is 1. The van der Waals surface area contributed by atoms with Gasteiger partial charge in [0.2, 0.25) is 0 Å². The standard InChI is InChI=1S/C25H33FN4O/c26-22-9-11-23(12-10-22)30-15-13-21(19-30)16-27-25(31)28-17-24-8-4-5-14-29(24)18-20-6-2-1-3-7-20/h1-3,6-7,9-12,21,24H,4-5,8,13-19H2,(H2,27,28,31). The Morgan fingerprint density at radius 2 is 1.71 bits per heavy atom. The number of amides is 2. The fourth-order valence-corrected chi connectivity index (χ4v) is 4.71. The predicted molar refractivity (Wildman–Crippen MR) is 123 cm³/mol. The average molecular weight is 425 g/mol. The van der Waals surface area contributed by atoms with E-state index in [9.17, 15) is 9.18 Å². The summed E-state index contributed by atoms with van der Waals surface area (Å²) in [4.78, 5) is 17.2. The molecule has 2 unspecified atom stereocenters. The fourth-order valence-electron chi connectivity index (χ4n) is 4.71. The molecule has 2 aliphatic heterocycles. The minimum absolute atomic E-state index is 0.0783. The van der Waals surface area contributed by atoms with Crippen molar-refractivity contribution in [3.05, 3.63) is 66.0 Å². The third-order valence-electron chi connectivity index (χ3n) is 6.50. The van der Waals surface area contributed by atoms with E-state index in [4.69, 9.17) is 0 Å². The molecule has 0 aliphatic carbocycles. The van der Waals surface area contributed by atoms with E-state index in [1.807, 2.05) is 18.2 Å². The van der Waals surface area contributed by atoms with Gasteiger partial charge in [-0.05, 0) is 61.6 Å². The van der Waals surface area contributed by atoms with Gasteiger partial charge in [-0.2, -0.15) is 0 Å². The number of nitrogens with zero attached hydrogens (tertiary/aromatic N) is 2. The van der Waals surface area contributed by atoms with Gasteiger partial charge in [-0.25, -0.2) is 9.18 Å². The Bertz CT molecular complexity index is 829. The van der Waals surface area contributed by atoms with Crippen LogP contribution in [0.25, 0.3) is 0 Å². The highest BCUT2D eigenvalue weighted by molar-refractivity contribution is 5.73. The number of carbonyl (C=O) groups is 1. The molecule has 2 atom stereocenters. The van der Waals surface area contributed by atoms with Gasteiger partial charge in [-0.15, -0.1) is 0 Å². The zero-order valence-electron chi connectivity index (χ0n) is 18.1. The van der Waals surface area contributed by atoms with E-state index in [1.54, 1.807) is 0 Å². The lowest BCUT2D eigenvalue weighted by atomic mass is 10.0. The number of anilines is 1. The first-order valence-electron chi connectivity index (χ1n) is 11.5. The highest BCUT2D eigenvalue weighted by atomic mass is 19.1. The minimum atomic E-state index is -0.210. The quantitative estimate of drug-likeness (QED) is 0.706. The Labute approximate surface area is 184 Å². The van der Waals surface area contributed by atoms with Crippen molar-refractivity contribution < 1.29 is 9.18 Å². The van der Waals surface area contributed by atoms with E-state index in [-0.39, 0.29) is 11.8 Å². The molecule has 2 fully saturated rings. The van der Waals surface area contributed by atoms with E-state index in [2.05, 4.69) is 44.7 Å². The summed E-state index contributed by atoms with van der Waals surface area (Å²) in [6.45, 7) is 5.21. The third-order valence-corrected chi connectivity index (χ3v) is 6.50. The van der Waals surface area contributed by atoms with Crippen molar-refractivity contribution in [3.63, 3.8) is 0 Å². The number of benzene rings is 2. The van der Waals surface area contributed by atoms with Crippen molar-refractivity contribution in [2.75, 3.05) is 37.6 Å². The molecular weight excluding hydrogens is 391 g/mol. The van der Waals surface area contributed by atoms with Crippen molar-refractivity contribution >= 4 is 11.7 Å². The number of halogens is 1. The molecular formula is C25H33FN4O. The highest BCUT2D eigenvalue weighted by Gasteiger charge is 2.25. The smallest absolute Gasteiger partial charge is 0.314 e. The summed E-state index contributed by atoms with van der Waals surface area (Å²) < 4.78 is 13.1. The Morgan fingerprint density at radius 1 is 0.935 bits per heavy atom. The molecule has 2 aromatic rings. The lowest BCUT2D eigenvalue weighted by molar-refractivity contribution is 0.138. The molecule has 2 N–H and O–H groups in total. The lowest BCUT2D eigenvalue weighted by Gasteiger charge is -2.36. The van der Waals surface area contributed by atoms with Crippen LogP contribution in [0.15, 0.2) is 54.6 Å². The van der Waals surface area contributed by atoms with Crippen molar-refractivity contribution in [2.45, 2.75) is 38.3 Å². The van der Waals surface area contributed by atoms with Crippen molar-refractivity contribution in [2.24, 2.45) is 5.92 Å². The van der Waals surface area contributed by atoms with E-state index < -0.39 is 0 Å². The third kappa shape index (κ3) is 6.20. The number of carbonyl (C=O) groups excluding carboxylic acids is 1. The number of rotatable bonds is 7. The summed E-state index contributed by atoms with van der Waals surface area (Å²) in [5.74, 6) is 0.207. The second-order valence-corrected chi connectivity index (χ2v) is 8.77. The van der Waals surface area contributed by atoms with E-state index in [0.717, 1.165) is 44.7 Å². The molecule has 2 saturated heterocycles. The molecule has 0 aromatic heterocycles. The SMILES string of the molecule is O=C(NCC1CCN(c2ccc(F)cc2)C1)NCC1CCCCN1Cc1ccccc1. The molecule has 2 heterocycles. The van der Waals surface area contributed by atoms with Crippen LogP contribution >= 0.6 is 0 Å². The highest BCUT2D eigenvalue weighted by Crippen LogP contribution is 2.23. The van der Waals surface area contributed by atoms with Crippen LogP contribution in [0.4, 0.5) is 14.9 Å². The minimum Gasteiger partial charge on any atom is -0.371 e. The number of likely N-dealkylation sites (tertiary alicyclic amines) is 1. The number of piperidine rings is 1. The van der Waals surface area contributed by atoms with Gasteiger partial charge in [0.15, 0.2) is 0 Å². The zero-order valence-corrected chi connectivity index (χ0v) is 18.1. The first-order valence-corrected chi connectivity index (χ1v) is 11.5. The molecule has 6 heteroatoms. The van der Waals surface area contributed by atoms with Crippen molar-refractivity contribution in [1.82, 2.24) is 15.5 Å². The van der Waals surface area contributed by atoms with Gasteiger partial charge >= 0.3 is 6.03 Å². The Morgan fingerprint density at radius 3 is 2.52 bits per heavy atom. The molecule has 0 bridgehead atoms. The van der Waals surface area contributed by atoms with Gasteiger partial charge in [-0.3, -0.25) is 4.90 Å². The van der Waals surface area contributed by atoms with Crippen LogP contribution in [0.2, 0.25) is 0 Å². The molecule has 166 valence electrons. The van der Waals surface area contributed by atoms with Crippen LogP contribution in [0.5, 0.6) is 0 Å². The summed E-state index contributed by atoms with van der Waals surface area (Å²) in [6, 6.07) is 17.5. The van der Waals surface area contributed by atoms with E-state index in [1.165, 1.54) is 30.5 Å². The Hall–Kier alpha value is -2.60. The van der Waals surface area contributed by atoms with Crippen LogP contribution in [0.1, 0.15) is 31.2 Å². The summed E-state index contributed by atoms with van der Waals surface area (Å²) in [6.07, 6.45) is 4.61. The average Bonchev–Trinajstić information content (AvgIpc) is 3.27. The molecule has 2 aliphatic rings. The largest absolute Gasteiger partial charge is 0.371 e. The van der Waals surface area contributed by atoms with Gasteiger partial charge in [0.25, 0.3) is 0 Å². The number of hydrogen-bond donors (Lipinski definition) is 2. The first-order chi connectivity index (χ1) is 15.2. The van der Waals surface area contributed by atoms with E-state index >= 15 is 0 Å². The molecule has 2 amide bonds. The van der Waals surface area contributed by atoms with Crippen molar-refractivity contribution in [1.29, 1.82) is 0 Å². The van der Waals surface area contributed by atoms with Crippen LogP contribution in [0.3, 0.4) is 0 Å². The number of nitrogens with one attached hydrogen (secondary N) is 2. The number of hydrogen-bond acceptors (Lipinski definition) is 3. The Kier molecular flexibility index (Phi) is 7.41. The topological polar surface area (TPSA) is 47.6 Å². The van der Waals surface area contributed by atoms with Crippen LogP contribution in [-0.2, 0) is 6.54 Å². The molecule has 0 spiro atoms. The Balaban J connectivity index is 1.19. The summed E-state index contributed by atoms with van der Waals surface area (Å²) >= 11 is 0. The molecule has 2 aromatic carbocycles. The van der Waals surface area contributed by atoms with Crippen LogP contribution in [0, 0.1) is 11.7 Å². The second kappa shape index (κ2) is 10.6. The maximum atomic E-state index is 13.1. The lowest BCUT2D eigenvalue weighted by Crippen LogP contribution is -2.48. The maximum absolute atomic E-state index is 13.1. The fraction of sp³-hybridized carbons (Fsp3) is 0.480. The summed E-state index contributed by atoms with van der Waals surface area (Å²) in [5.41, 5.74) is 2.37. The summed E-state index contributed by atoms with van der Waals surface area (Å²) in [7, 11) is 0. The van der Waals surface area contributed by atoms with Crippen LogP contribution in [-0.4, -0.2) is 49.7 Å². The van der Waals surface area contributed by atoms with Gasteiger partial charge in [0.05, 0.1) is 0 Å².